The van der Waals surface area contributed by atoms with E-state index < -0.39 is 6.04 Å². The van der Waals surface area contributed by atoms with Gasteiger partial charge in [0, 0.05) is 0 Å². The number of hydrogen-bond acceptors (Lipinski definition) is 2. The number of ketones is 1. The van der Waals surface area contributed by atoms with Crippen molar-refractivity contribution in [2.75, 3.05) is 5.88 Å². The zero-order valence-corrected chi connectivity index (χ0v) is 8.31. The molecule has 1 amide bonds. The van der Waals surface area contributed by atoms with Crippen LogP contribution in [0.5, 0.6) is 0 Å². The highest BCUT2D eigenvalue weighted by molar-refractivity contribution is 6.27. The molecular formula is C8H14ClNO2. The minimum Gasteiger partial charge on any atom is -0.345 e. The Balaban J connectivity index is 4.14. The number of Topliss-reactive ketones (excluding diaryl/α,β-unsaturated/α-hetero) is 1. The van der Waals surface area contributed by atoms with Crippen LogP contribution in [0.2, 0.25) is 0 Å². The number of halogens is 1. The maximum absolute atomic E-state index is 11.0. The van der Waals surface area contributed by atoms with Crippen molar-refractivity contribution in [3.63, 3.8) is 0 Å². The third-order valence-corrected chi connectivity index (χ3v) is 1.79. The summed E-state index contributed by atoms with van der Waals surface area (Å²) < 4.78 is 0. The molecule has 12 heavy (non-hydrogen) atoms. The molecule has 70 valence electrons. The molecule has 1 N–H and O–H groups in total. The van der Waals surface area contributed by atoms with Crippen molar-refractivity contribution in [3.05, 3.63) is 0 Å². The molecule has 0 aliphatic rings. The Kier molecular flexibility index (Phi) is 4.90. The Labute approximate surface area is 77.5 Å². The number of carbonyl (C=O) groups excluding carboxylic acids is 2. The molecule has 0 aliphatic heterocycles. The third-order valence-electron chi connectivity index (χ3n) is 1.54. The van der Waals surface area contributed by atoms with Crippen LogP contribution in [-0.4, -0.2) is 23.6 Å². The third kappa shape index (κ3) is 3.72. The summed E-state index contributed by atoms with van der Waals surface area (Å²) in [6.45, 7) is 5.21. The van der Waals surface area contributed by atoms with Gasteiger partial charge in [-0.1, -0.05) is 13.8 Å². The van der Waals surface area contributed by atoms with Gasteiger partial charge in [0.05, 0.1) is 6.04 Å². The lowest BCUT2D eigenvalue weighted by Crippen LogP contribution is -2.43. The minimum atomic E-state index is -0.406. The first kappa shape index (κ1) is 11.4. The quantitative estimate of drug-likeness (QED) is 0.673. The second-order valence-corrected chi connectivity index (χ2v) is 3.30. The molecule has 0 radical (unpaired) electrons. The summed E-state index contributed by atoms with van der Waals surface area (Å²) in [5, 5.41) is 2.55. The summed E-state index contributed by atoms with van der Waals surface area (Å²) in [4.78, 5) is 21.8. The minimum absolute atomic E-state index is 0.0385. The van der Waals surface area contributed by atoms with Crippen LogP contribution in [-0.2, 0) is 9.59 Å². The van der Waals surface area contributed by atoms with Gasteiger partial charge in [0.25, 0.3) is 0 Å². The Bertz CT molecular complexity index is 180. The SMILES string of the molecule is CC(=O)[C@H](NC(=O)CCl)C(C)C. The van der Waals surface area contributed by atoms with Gasteiger partial charge in [0.15, 0.2) is 5.78 Å². The first-order chi connectivity index (χ1) is 5.49. The Morgan fingerprint density at radius 3 is 2.17 bits per heavy atom. The molecular weight excluding hydrogens is 178 g/mol. The molecule has 1 atom stereocenters. The number of nitrogens with one attached hydrogen (secondary N) is 1. The van der Waals surface area contributed by atoms with Crippen LogP contribution < -0.4 is 5.32 Å². The van der Waals surface area contributed by atoms with Crippen molar-refractivity contribution < 1.29 is 9.59 Å². The van der Waals surface area contributed by atoms with E-state index in [-0.39, 0.29) is 23.5 Å². The first-order valence-corrected chi connectivity index (χ1v) is 4.38. The lowest BCUT2D eigenvalue weighted by atomic mass is 10.0. The monoisotopic (exact) mass is 191 g/mol. The Morgan fingerprint density at radius 2 is 1.92 bits per heavy atom. The number of hydrogen-bond donors (Lipinski definition) is 1. The van der Waals surface area contributed by atoms with E-state index in [1.807, 2.05) is 13.8 Å². The van der Waals surface area contributed by atoms with E-state index in [0.717, 1.165) is 0 Å². The fraction of sp³-hybridized carbons (Fsp3) is 0.750. The van der Waals surface area contributed by atoms with Crippen molar-refractivity contribution in [1.29, 1.82) is 0 Å². The van der Waals surface area contributed by atoms with Gasteiger partial charge in [0.1, 0.15) is 5.88 Å². The van der Waals surface area contributed by atoms with Crippen molar-refractivity contribution in [2.24, 2.45) is 5.92 Å². The summed E-state index contributed by atoms with van der Waals surface area (Å²) in [6.07, 6.45) is 0. The molecule has 0 saturated carbocycles. The highest BCUT2D eigenvalue weighted by atomic mass is 35.5. The Hall–Kier alpha value is -0.570. The first-order valence-electron chi connectivity index (χ1n) is 3.84. The van der Waals surface area contributed by atoms with Gasteiger partial charge < -0.3 is 5.32 Å². The molecule has 0 aromatic rings. The molecule has 3 nitrogen and oxygen atoms in total. The van der Waals surface area contributed by atoms with E-state index in [4.69, 9.17) is 11.6 Å². The zero-order chi connectivity index (χ0) is 9.72. The molecule has 0 aromatic carbocycles. The standard InChI is InChI=1S/C8H14ClNO2/c1-5(2)8(6(3)11)10-7(12)4-9/h5,8H,4H2,1-3H3,(H,10,12)/t8-/m1/s1. The van der Waals surface area contributed by atoms with Crippen LogP contribution in [0.15, 0.2) is 0 Å². The second kappa shape index (κ2) is 5.14. The number of carbonyl (C=O) groups is 2. The lowest BCUT2D eigenvalue weighted by Gasteiger charge is -2.18. The molecule has 0 rings (SSSR count). The van der Waals surface area contributed by atoms with Crippen molar-refractivity contribution in [2.45, 2.75) is 26.8 Å². The summed E-state index contributed by atoms with van der Waals surface area (Å²) in [5.41, 5.74) is 0. The van der Waals surface area contributed by atoms with Gasteiger partial charge in [-0.3, -0.25) is 9.59 Å². The van der Waals surface area contributed by atoms with Gasteiger partial charge in [-0.05, 0) is 12.8 Å². The highest BCUT2D eigenvalue weighted by Gasteiger charge is 2.19. The van der Waals surface area contributed by atoms with Crippen molar-refractivity contribution >= 4 is 23.3 Å². The van der Waals surface area contributed by atoms with E-state index in [1.54, 1.807) is 0 Å². The predicted molar refractivity (Wildman–Crippen MR) is 48.2 cm³/mol. The number of rotatable bonds is 4. The second-order valence-electron chi connectivity index (χ2n) is 3.03. The van der Waals surface area contributed by atoms with Gasteiger partial charge in [-0.2, -0.15) is 0 Å². The predicted octanol–water partition coefficient (Wildman–Crippen LogP) is 0.955. The van der Waals surface area contributed by atoms with E-state index in [2.05, 4.69) is 5.32 Å². The molecule has 4 heteroatoms. The largest absolute Gasteiger partial charge is 0.345 e. The average Bonchev–Trinajstić information content (AvgIpc) is 1.98. The maximum Gasteiger partial charge on any atom is 0.235 e. The van der Waals surface area contributed by atoms with Crippen LogP contribution in [0.3, 0.4) is 0 Å². The van der Waals surface area contributed by atoms with Crippen LogP contribution in [0.4, 0.5) is 0 Å². The van der Waals surface area contributed by atoms with Crippen LogP contribution in [0, 0.1) is 5.92 Å². The van der Waals surface area contributed by atoms with Crippen molar-refractivity contribution in [3.8, 4) is 0 Å². The molecule has 0 bridgehead atoms. The van der Waals surface area contributed by atoms with Gasteiger partial charge in [-0.25, -0.2) is 0 Å². The van der Waals surface area contributed by atoms with Gasteiger partial charge >= 0.3 is 0 Å². The highest BCUT2D eigenvalue weighted by Crippen LogP contribution is 2.02. The molecule has 0 saturated heterocycles. The normalized spacial score (nSPS) is 12.8. The summed E-state index contributed by atoms with van der Waals surface area (Å²) in [5.74, 6) is -0.333. The fourth-order valence-corrected chi connectivity index (χ4v) is 1.03. The Morgan fingerprint density at radius 1 is 1.42 bits per heavy atom. The van der Waals surface area contributed by atoms with Crippen LogP contribution in [0.25, 0.3) is 0 Å². The summed E-state index contributed by atoms with van der Waals surface area (Å²) in [7, 11) is 0. The van der Waals surface area contributed by atoms with E-state index in [9.17, 15) is 9.59 Å². The maximum atomic E-state index is 11.0. The van der Waals surface area contributed by atoms with Gasteiger partial charge in [0.2, 0.25) is 5.91 Å². The number of amides is 1. The van der Waals surface area contributed by atoms with E-state index in [1.165, 1.54) is 6.92 Å². The molecule has 0 fully saturated rings. The smallest absolute Gasteiger partial charge is 0.235 e. The van der Waals surface area contributed by atoms with E-state index >= 15 is 0 Å². The lowest BCUT2D eigenvalue weighted by molar-refractivity contribution is -0.126. The zero-order valence-electron chi connectivity index (χ0n) is 7.56. The topological polar surface area (TPSA) is 46.2 Å². The molecule has 0 aliphatic carbocycles. The number of alkyl halides is 1. The average molecular weight is 192 g/mol. The summed E-state index contributed by atoms with van der Waals surface area (Å²) >= 11 is 5.28. The van der Waals surface area contributed by atoms with Crippen LogP contribution in [0.1, 0.15) is 20.8 Å². The molecule has 0 aromatic heterocycles. The summed E-state index contributed by atoms with van der Waals surface area (Å²) in [6, 6.07) is -0.406. The molecule has 0 spiro atoms. The molecule has 0 heterocycles. The fourth-order valence-electron chi connectivity index (χ4n) is 0.950. The van der Waals surface area contributed by atoms with Crippen molar-refractivity contribution in [1.82, 2.24) is 5.32 Å². The molecule has 0 unspecified atom stereocenters. The van der Waals surface area contributed by atoms with E-state index in [0.29, 0.717) is 0 Å². The van der Waals surface area contributed by atoms with Crippen LogP contribution >= 0.6 is 11.6 Å². The van der Waals surface area contributed by atoms with Gasteiger partial charge in [-0.15, -0.1) is 11.6 Å².